The quantitative estimate of drug-likeness (QED) is 0.229. The highest BCUT2D eigenvalue weighted by Crippen LogP contribution is 2.22. The van der Waals surface area contributed by atoms with E-state index in [-0.39, 0.29) is 38.6 Å². The molecule has 0 aliphatic carbocycles. The zero-order chi connectivity index (χ0) is 18.4. The third-order valence-corrected chi connectivity index (χ3v) is 6.62. The van der Waals surface area contributed by atoms with E-state index in [0.29, 0.717) is 25.8 Å². The van der Waals surface area contributed by atoms with Crippen molar-refractivity contribution < 1.29 is 33.7 Å². The van der Waals surface area contributed by atoms with Gasteiger partial charge in [-0.15, -0.1) is 0 Å². The van der Waals surface area contributed by atoms with Crippen LogP contribution in [0.5, 0.6) is 0 Å². The molecule has 0 aromatic rings. The van der Waals surface area contributed by atoms with Crippen molar-refractivity contribution in [3.8, 4) is 0 Å². The lowest BCUT2D eigenvalue weighted by atomic mass is 9.96. The summed E-state index contributed by atoms with van der Waals surface area (Å²) in [4.78, 5) is 0. The van der Waals surface area contributed by atoms with Gasteiger partial charge in [-0.1, -0.05) is 0 Å². The first-order chi connectivity index (χ1) is 11.5. The lowest BCUT2D eigenvalue weighted by Gasteiger charge is -2.31. The van der Waals surface area contributed by atoms with E-state index in [9.17, 15) is 10.2 Å². The molecule has 0 aromatic carbocycles. The van der Waals surface area contributed by atoms with E-state index in [1.807, 2.05) is 13.8 Å². The molecule has 0 amide bonds. The summed E-state index contributed by atoms with van der Waals surface area (Å²) in [6, 6.07) is 0.600. The highest BCUT2D eigenvalue weighted by molar-refractivity contribution is 6.60. The van der Waals surface area contributed by atoms with Crippen molar-refractivity contribution in [2.24, 2.45) is 11.7 Å². The number of nitrogens with two attached hydrogens (primary N) is 1. The van der Waals surface area contributed by atoms with Crippen LogP contribution in [-0.4, -0.2) is 81.0 Å². The minimum Gasteiger partial charge on any atom is -0.394 e. The Bertz CT molecular complexity index is 281. The highest BCUT2D eigenvalue weighted by Gasteiger charge is 2.40. The number of rotatable bonds is 16. The zero-order valence-corrected chi connectivity index (χ0v) is 15.9. The fourth-order valence-corrected chi connectivity index (χ4v) is 5.19. The number of hydrogen-bond donors (Lipinski definition) is 5. The van der Waals surface area contributed by atoms with Gasteiger partial charge >= 0.3 is 8.80 Å². The second-order valence-electron chi connectivity index (χ2n) is 5.76. The Hall–Kier alpha value is -0.103. The van der Waals surface area contributed by atoms with Crippen molar-refractivity contribution in [2.45, 2.75) is 51.4 Å². The van der Waals surface area contributed by atoms with E-state index < -0.39 is 21.0 Å². The third kappa shape index (κ3) is 10.0. The molecule has 0 spiro atoms. The van der Waals surface area contributed by atoms with E-state index in [1.165, 1.54) is 0 Å². The summed E-state index contributed by atoms with van der Waals surface area (Å²) >= 11 is 0. The van der Waals surface area contributed by atoms with Gasteiger partial charge < -0.3 is 39.4 Å². The molecule has 0 saturated heterocycles. The Kier molecular flexibility index (Phi) is 14.0. The summed E-state index contributed by atoms with van der Waals surface area (Å²) in [5.41, 5.74) is 5.59. The molecular formula is C15H35NO7Si. The molecule has 0 aliphatic heterocycles. The van der Waals surface area contributed by atoms with E-state index in [2.05, 4.69) is 0 Å². The summed E-state index contributed by atoms with van der Waals surface area (Å²) in [5.74, 6) is -0.236. The standard InChI is InChI=1S/C15H35NO7Si/c1-3-21-24(22-4-2,7-5-6-16)23-12-13(8-14(19)10-17)9-15(20)11-18/h13-15,17-20H,3-12,16H2,1-2H3. The molecule has 0 heterocycles. The number of aliphatic hydroxyl groups excluding tert-OH is 4. The van der Waals surface area contributed by atoms with Gasteiger partial charge in [-0.25, -0.2) is 0 Å². The first kappa shape index (κ1) is 23.9. The molecule has 146 valence electrons. The monoisotopic (exact) mass is 369 g/mol. The van der Waals surface area contributed by atoms with E-state index in [0.717, 1.165) is 6.42 Å². The second-order valence-corrected chi connectivity index (χ2v) is 8.49. The Labute approximate surface area is 145 Å². The van der Waals surface area contributed by atoms with Gasteiger partial charge in [0.05, 0.1) is 25.4 Å². The molecule has 0 bridgehead atoms. The zero-order valence-electron chi connectivity index (χ0n) is 14.9. The summed E-state index contributed by atoms with van der Waals surface area (Å²) in [5, 5.41) is 37.4. The molecule has 0 fully saturated rings. The maximum absolute atomic E-state index is 9.67. The molecule has 0 rings (SSSR count). The minimum absolute atomic E-state index is 0.213. The summed E-state index contributed by atoms with van der Waals surface area (Å²) in [6.45, 7) is 4.65. The van der Waals surface area contributed by atoms with Crippen molar-refractivity contribution >= 4 is 8.80 Å². The molecule has 9 heteroatoms. The summed E-state index contributed by atoms with van der Waals surface area (Å²) in [6.07, 6.45) is -0.567. The van der Waals surface area contributed by atoms with Crippen LogP contribution in [0.15, 0.2) is 0 Å². The van der Waals surface area contributed by atoms with Gasteiger partial charge in [-0.2, -0.15) is 0 Å². The fourth-order valence-electron chi connectivity index (χ4n) is 2.50. The van der Waals surface area contributed by atoms with Gasteiger partial charge in [-0.3, -0.25) is 0 Å². The SMILES string of the molecule is CCO[Si](CCCN)(OCC)OCC(CC(O)CO)CC(O)CO. The third-order valence-electron chi connectivity index (χ3n) is 3.59. The molecule has 0 aromatic heterocycles. The van der Waals surface area contributed by atoms with Crippen LogP contribution in [-0.2, 0) is 13.3 Å². The maximum Gasteiger partial charge on any atom is 0.500 e. The normalized spacial score (nSPS) is 16.1. The average Bonchev–Trinajstić information content (AvgIpc) is 2.57. The number of aliphatic hydroxyl groups is 4. The van der Waals surface area contributed by atoms with Crippen LogP contribution in [0.4, 0.5) is 0 Å². The van der Waals surface area contributed by atoms with Gasteiger partial charge in [-0.05, 0) is 45.6 Å². The maximum atomic E-state index is 9.67. The molecule has 0 saturated carbocycles. The van der Waals surface area contributed by atoms with Crippen LogP contribution in [0.2, 0.25) is 6.04 Å². The van der Waals surface area contributed by atoms with Crippen molar-refractivity contribution in [3.63, 3.8) is 0 Å². The molecule has 8 nitrogen and oxygen atoms in total. The molecular weight excluding hydrogens is 334 g/mol. The first-order valence-corrected chi connectivity index (χ1v) is 10.6. The lowest BCUT2D eigenvalue weighted by molar-refractivity contribution is 0.0102. The van der Waals surface area contributed by atoms with E-state index in [4.69, 9.17) is 29.2 Å². The fraction of sp³-hybridized carbons (Fsp3) is 1.00. The van der Waals surface area contributed by atoms with Crippen LogP contribution in [0, 0.1) is 5.92 Å². The van der Waals surface area contributed by atoms with E-state index in [1.54, 1.807) is 0 Å². The van der Waals surface area contributed by atoms with Gasteiger partial charge in [0.25, 0.3) is 0 Å². The Morgan fingerprint density at radius 2 is 1.42 bits per heavy atom. The highest BCUT2D eigenvalue weighted by atomic mass is 28.4. The van der Waals surface area contributed by atoms with Crippen LogP contribution in [0.25, 0.3) is 0 Å². The summed E-state index contributed by atoms with van der Waals surface area (Å²) < 4.78 is 17.6. The number of hydrogen-bond acceptors (Lipinski definition) is 8. The van der Waals surface area contributed by atoms with Crippen LogP contribution >= 0.6 is 0 Å². The Morgan fingerprint density at radius 3 is 1.79 bits per heavy atom. The van der Waals surface area contributed by atoms with Crippen molar-refractivity contribution in [2.75, 3.05) is 39.6 Å². The minimum atomic E-state index is -2.87. The second kappa shape index (κ2) is 14.1. The smallest absolute Gasteiger partial charge is 0.394 e. The largest absolute Gasteiger partial charge is 0.500 e. The molecule has 2 unspecified atom stereocenters. The van der Waals surface area contributed by atoms with Gasteiger partial charge in [0, 0.05) is 25.9 Å². The molecule has 6 N–H and O–H groups in total. The van der Waals surface area contributed by atoms with Gasteiger partial charge in [0.1, 0.15) is 0 Å². The first-order valence-electron chi connectivity index (χ1n) is 8.66. The van der Waals surface area contributed by atoms with Crippen LogP contribution in [0.1, 0.15) is 33.1 Å². The predicted octanol–water partition coefficient (Wildman–Crippen LogP) is -0.533. The predicted molar refractivity (Wildman–Crippen MR) is 92.3 cm³/mol. The van der Waals surface area contributed by atoms with Crippen molar-refractivity contribution in [1.29, 1.82) is 0 Å². The van der Waals surface area contributed by atoms with Crippen LogP contribution in [0.3, 0.4) is 0 Å². The lowest BCUT2D eigenvalue weighted by Crippen LogP contribution is -2.47. The Balaban J connectivity index is 4.89. The molecule has 0 radical (unpaired) electrons. The van der Waals surface area contributed by atoms with Gasteiger partial charge in [0.2, 0.25) is 0 Å². The van der Waals surface area contributed by atoms with Crippen molar-refractivity contribution in [1.82, 2.24) is 0 Å². The van der Waals surface area contributed by atoms with Crippen LogP contribution < -0.4 is 5.73 Å². The molecule has 24 heavy (non-hydrogen) atoms. The molecule has 0 aliphatic rings. The van der Waals surface area contributed by atoms with Crippen molar-refractivity contribution in [3.05, 3.63) is 0 Å². The van der Waals surface area contributed by atoms with Gasteiger partial charge in [0.15, 0.2) is 0 Å². The van der Waals surface area contributed by atoms with E-state index >= 15 is 0 Å². The topological polar surface area (TPSA) is 135 Å². The molecule has 2 atom stereocenters. The summed E-state index contributed by atoms with van der Waals surface area (Å²) in [7, 11) is -2.87. The average molecular weight is 370 g/mol. The Morgan fingerprint density at radius 1 is 0.917 bits per heavy atom.